The van der Waals surface area contributed by atoms with Crippen LogP contribution in [0.15, 0.2) is 24.3 Å². The van der Waals surface area contributed by atoms with Crippen LogP contribution in [0.2, 0.25) is 0 Å². The number of carboxylic acid groups (broad SMARTS) is 1. The number of carboxylic acids is 1. The Morgan fingerprint density at radius 2 is 1.71 bits per heavy atom. The lowest BCUT2D eigenvalue weighted by atomic mass is 9.94. The van der Waals surface area contributed by atoms with Crippen LogP contribution in [0.5, 0.6) is 0 Å². The van der Waals surface area contributed by atoms with Crippen molar-refractivity contribution in [1.29, 1.82) is 0 Å². The third kappa shape index (κ3) is 5.55. The second-order valence-corrected chi connectivity index (χ2v) is 7.78. The first-order chi connectivity index (χ1) is 9.51. The Kier molecular flexibility index (Phi) is 5.11. The number of aliphatic carboxylic acids is 1. The van der Waals surface area contributed by atoms with E-state index in [2.05, 4.69) is 5.32 Å². The van der Waals surface area contributed by atoms with Crippen molar-refractivity contribution in [3.05, 3.63) is 35.4 Å². The third-order valence-corrected chi connectivity index (χ3v) is 3.77. The van der Waals surface area contributed by atoms with Crippen LogP contribution < -0.4 is 5.32 Å². The van der Waals surface area contributed by atoms with E-state index >= 15 is 0 Å². The van der Waals surface area contributed by atoms with Gasteiger partial charge in [0.2, 0.25) is 0 Å². The first-order valence-corrected chi connectivity index (χ1v) is 8.35. The summed E-state index contributed by atoms with van der Waals surface area (Å²) >= 11 is 0. The van der Waals surface area contributed by atoms with Gasteiger partial charge in [0.1, 0.15) is 0 Å². The van der Waals surface area contributed by atoms with Crippen LogP contribution in [0.3, 0.4) is 0 Å². The molecule has 0 fully saturated rings. The SMILES string of the molecule is CC(C)(CNC(=O)c1ccc(CS(C)(=O)=O)cc1)C(=O)O. The van der Waals surface area contributed by atoms with Crippen molar-refractivity contribution in [3.63, 3.8) is 0 Å². The van der Waals surface area contributed by atoms with E-state index in [1.54, 1.807) is 12.1 Å². The topological polar surface area (TPSA) is 101 Å². The Bertz CT molecular complexity index is 632. The minimum Gasteiger partial charge on any atom is -0.481 e. The minimum atomic E-state index is -3.12. The number of amides is 1. The standard InChI is InChI=1S/C14H19NO5S/c1-14(2,13(17)18)9-15-12(16)11-6-4-10(5-7-11)8-21(3,19)20/h4-7H,8-9H2,1-3H3,(H,15,16)(H,17,18). The van der Waals surface area contributed by atoms with Crippen LogP contribution in [0.4, 0.5) is 0 Å². The number of nitrogens with one attached hydrogen (secondary N) is 1. The number of benzene rings is 1. The van der Waals surface area contributed by atoms with Crippen molar-refractivity contribution in [3.8, 4) is 0 Å². The molecule has 0 aliphatic heterocycles. The van der Waals surface area contributed by atoms with Crippen molar-refractivity contribution < 1.29 is 23.1 Å². The summed E-state index contributed by atoms with van der Waals surface area (Å²) < 4.78 is 22.3. The smallest absolute Gasteiger partial charge is 0.310 e. The molecule has 0 heterocycles. The van der Waals surface area contributed by atoms with E-state index < -0.39 is 27.1 Å². The summed E-state index contributed by atoms with van der Waals surface area (Å²) in [5, 5.41) is 11.5. The van der Waals surface area contributed by atoms with Gasteiger partial charge < -0.3 is 10.4 Å². The molecule has 1 aromatic rings. The van der Waals surface area contributed by atoms with Crippen LogP contribution in [-0.4, -0.2) is 38.2 Å². The molecule has 0 radical (unpaired) electrons. The quantitative estimate of drug-likeness (QED) is 0.818. The fourth-order valence-corrected chi connectivity index (χ4v) is 2.33. The van der Waals surface area contributed by atoms with Crippen molar-refractivity contribution in [1.82, 2.24) is 5.32 Å². The van der Waals surface area contributed by atoms with Crippen LogP contribution in [-0.2, 0) is 20.4 Å². The Morgan fingerprint density at radius 3 is 2.14 bits per heavy atom. The number of sulfone groups is 1. The van der Waals surface area contributed by atoms with Gasteiger partial charge in [-0.1, -0.05) is 12.1 Å². The second-order valence-electron chi connectivity index (χ2n) is 5.64. The predicted octanol–water partition coefficient (Wildman–Crippen LogP) is 1.07. The van der Waals surface area contributed by atoms with Crippen LogP contribution in [0.1, 0.15) is 29.8 Å². The zero-order valence-electron chi connectivity index (χ0n) is 12.2. The molecule has 6 nitrogen and oxygen atoms in total. The molecule has 0 unspecified atom stereocenters. The predicted molar refractivity (Wildman–Crippen MR) is 78.7 cm³/mol. The van der Waals surface area contributed by atoms with Gasteiger partial charge in [-0.05, 0) is 31.5 Å². The van der Waals surface area contributed by atoms with Gasteiger partial charge in [0.05, 0.1) is 11.2 Å². The lowest BCUT2D eigenvalue weighted by Crippen LogP contribution is -2.38. The van der Waals surface area contributed by atoms with Crippen LogP contribution in [0, 0.1) is 5.41 Å². The molecule has 21 heavy (non-hydrogen) atoms. The van der Waals surface area contributed by atoms with Crippen molar-refractivity contribution in [2.75, 3.05) is 12.8 Å². The molecule has 2 N–H and O–H groups in total. The average Bonchev–Trinajstić information content (AvgIpc) is 2.35. The van der Waals surface area contributed by atoms with Gasteiger partial charge in [0.25, 0.3) is 5.91 Å². The Hall–Kier alpha value is -1.89. The number of carbonyl (C=O) groups excluding carboxylic acids is 1. The molecule has 0 aliphatic rings. The van der Waals surface area contributed by atoms with E-state index in [0.717, 1.165) is 6.26 Å². The summed E-state index contributed by atoms with van der Waals surface area (Å²) in [6, 6.07) is 6.17. The van der Waals surface area contributed by atoms with Gasteiger partial charge in [0.15, 0.2) is 9.84 Å². The molecule has 0 saturated carbocycles. The average molecular weight is 313 g/mol. The number of hydrogen-bond donors (Lipinski definition) is 2. The van der Waals surface area contributed by atoms with Crippen LogP contribution in [0.25, 0.3) is 0 Å². The molecular formula is C14H19NO5S. The van der Waals surface area contributed by atoms with E-state index in [0.29, 0.717) is 11.1 Å². The Labute approximate surface area is 124 Å². The van der Waals surface area contributed by atoms with E-state index in [4.69, 9.17) is 5.11 Å². The third-order valence-electron chi connectivity index (χ3n) is 2.91. The van der Waals surface area contributed by atoms with Gasteiger partial charge in [-0.3, -0.25) is 9.59 Å². The van der Waals surface area contributed by atoms with E-state index in [1.165, 1.54) is 26.0 Å². The van der Waals surface area contributed by atoms with Gasteiger partial charge in [-0.2, -0.15) is 0 Å². The highest BCUT2D eigenvalue weighted by Gasteiger charge is 2.27. The molecule has 0 aliphatic carbocycles. The number of rotatable bonds is 6. The fourth-order valence-electron chi connectivity index (χ4n) is 1.53. The highest BCUT2D eigenvalue weighted by Crippen LogP contribution is 2.14. The van der Waals surface area contributed by atoms with E-state index in [-0.39, 0.29) is 12.3 Å². The second kappa shape index (κ2) is 6.26. The molecule has 116 valence electrons. The van der Waals surface area contributed by atoms with Gasteiger partial charge in [0, 0.05) is 18.4 Å². The van der Waals surface area contributed by atoms with Gasteiger partial charge in [-0.15, -0.1) is 0 Å². The van der Waals surface area contributed by atoms with Gasteiger partial charge in [-0.25, -0.2) is 8.42 Å². The molecular weight excluding hydrogens is 294 g/mol. The summed E-state index contributed by atoms with van der Waals surface area (Å²) in [4.78, 5) is 22.8. The molecule has 0 bridgehead atoms. The molecule has 1 amide bonds. The summed E-state index contributed by atoms with van der Waals surface area (Å²) in [7, 11) is -3.12. The first-order valence-electron chi connectivity index (χ1n) is 6.29. The molecule has 1 aromatic carbocycles. The first kappa shape index (κ1) is 17.2. The highest BCUT2D eigenvalue weighted by atomic mass is 32.2. The summed E-state index contributed by atoms with van der Waals surface area (Å²) in [6.45, 7) is 3.04. The van der Waals surface area contributed by atoms with E-state index in [1.807, 2.05) is 0 Å². The maximum absolute atomic E-state index is 11.9. The normalized spacial score (nSPS) is 12.0. The monoisotopic (exact) mass is 313 g/mol. The Morgan fingerprint density at radius 1 is 1.19 bits per heavy atom. The molecule has 0 spiro atoms. The van der Waals surface area contributed by atoms with Gasteiger partial charge >= 0.3 is 5.97 Å². The summed E-state index contributed by atoms with van der Waals surface area (Å²) in [5.74, 6) is -1.47. The van der Waals surface area contributed by atoms with Crippen LogP contribution >= 0.6 is 0 Å². The minimum absolute atomic E-state index is 0.00621. The zero-order valence-corrected chi connectivity index (χ0v) is 13.0. The molecule has 1 rings (SSSR count). The highest BCUT2D eigenvalue weighted by molar-refractivity contribution is 7.89. The maximum atomic E-state index is 11.9. The molecule has 0 saturated heterocycles. The lowest BCUT2D eigenvalue weighted by Gasteiger charge is -2.19. The van der Waals surface area contributed by atoms with Crippen molar-refractivity contribution >= 4 is 21.7 Å². The van der Waals surface area contributed by atoms with Crippen molar-refractivity contribution in [2.24, 2.45) is 5.41 Å². The lowest BCUT2D eigenvalue weighted by molar-refractivity contribution is -0.146. The summed E-state index contributed by atoms with van der Waals surface area (Å²) in [5.41, 5.74) is -0.0975. The van der Waals surface area contributed by atoms with E-state index in [9.17, 15) is 18.0 Å². The molecule has 0 aromatic heterocycles. The maximum Gasteiger partial charge on any atom is 0.310 e. The largest absolute Gasteiger partial charge is 0.481 e. The molecule has 7 heteroatoms. The zero-order chi connectivity index (χ0) is 16.3. The number of carbonyl (C=O) groups is 2. The summed E-state index contributed by atoms with van der Waals surface area (Å²) in [6.07, 6.45) is 1.14. The fraction of sp³-hybridized carbons (Fsp3) is 0.429. The van der Waals surface area contributed by atoms with Crippen molar-refractivity contribution in [2.45, 2.75) is 19.6 Å². The number of hydrogen-bond acceptors (Lipinski definition) is 4. The Balaban J connectivity index is 2.70. The molecule has 0 atom stereocenters.